The quantitative estimate of drug-likeness (QED) is 0.854. The number of aryl methyl sites for hydroxylation is 3. The Kier molecular flexibility index (Phi) is 3.16. The van der Waals surface area contributed by atoms with Gasteiger partial charge in [0.1, 0.15) is 0 Å². The molecule has 2 unspecified atom stereocenters. The molecule has 0 bridgehead atoms. The van der Waals surface area contributed by atoms with E-state index in [0.29, 0.717) is 0 Å². The first-order valence-electron chi connectivity index (χ1n) is 7.00. The summed E-state index contributed by atoms with van der Waals surface area (Å²) in [6.45, 7) is 4.21. The fourth-order valence-corrected chi connectivity index (χ4v) is 3.10. The third kappa shape index (κ3) is 2.19. The minimum Gasteiger partial charge on any atom is -0.388 e. The van der Waals surface area contributed by atoms with E-state index >= 15 is 0 Å². The Morgan fingerprint density at radius 1 is 1.05 bits per heavy atom. The lowest BCUT2D eigenvalue weighted by Gasteiger charge is -2.20. The van der Waals surface area contributed by atoms with Crippen molar-refractivity contribution < 1.29 is 5.11 Å². The van der Waals surface area contributed by atoms with Crippen molar-refractivity contribution in [2.45, 2.75) is 38.7 Å². The minimum atomic E-state index is -0.386. The summed E-state index contributed by atoms with van der Waals surface area (Å²) in [7, 11) is 0. The standard InChI is InChI=1S/C18H20O/c1-12-7-8-15(11-13(12)2)18(19)17-10-9-14-5-3-4-6-16(14)17/h3-8,11,17-19H,9-10H2,1-2H3. The maximum absolute atomic E-state index is 10.7. The molecule has 3 rings (SSSR count). The number of rotatable bonds is 2. The largest absolute Gasteiger partial charge is 0.388 e. The average molecular weight is 252 g/mol. The molecule has 0 spiro atoms. The molecule has 0 aliphatic heterocycles. The van der Waals surface area contributed by atoms with E-state index in [1.165, 1.54) is 22.3 Å². The number of hydrogen-bond donors (Lipinski definition) is 1. The van der Waals surface area contributed by atoms with Crippen molar-refractivity contribution in [3.63, 3.8) is 0 Å². The summed E-state index contributed by atoms with van der Waals surface area (Å²) in [4.78, 5) is 0. The lowest BCUT2D eigenvalue weighted by Crippen LogP contribution is -2.08. The van der Waals surface area contributed by atoms with Crippen LogP contribution in [0.3, 0.4) is 0 Å². The zero-order chi connectivity index (χ0) is 13.4. The molecule has 1 aliphatic rings. The molecule has 0 heterocycles. The van der Waals surface area contributed by atoms with Gasteiger partial charge in [-0.15, -0.1) is 0 Å². The fraction of sp³-hybridized carbons (Fsp3) is 0.333. The summed E-state index contributed by atoms with van der Waals surface area (Å²) in [5.74, 6) is 0.248. The molecule has 0 amide bonds. The molecule has 0 aromatic heterocycles. The molecular formula is C18H20O. The van der Waals surface area contributed by atoms with Crippen molar-refractivity contribution in [3.8, 4) is 0 Å². The predicted molar refractivity (Wildman–Crippen MR) is 78.4 cm³/mol. The van der Waals surface area contributed by atoms with Crippen LogP contribution < -0.4 is 0 Å². The Morgan fingerprint density at radius 2 is 1.84 bits per heavy atom. The number of hydrogen-bond acceptors (Lipinski definition) is 1. The SMILES string of the molecule is Cc1ccc(C(O)C2CCc3ccccc32)cc1C. The molecular weight excluding hydrogens is 232 g/mol. The first kappa shape index (κ1) is 12.4. The molecule has 19 heavy (non-hydrogen) atoms. The van der Waals surface area contributed by atoms with Gasteiger partial charge in [0.15, 0.2) is 0 Å². The highest BCUT2D eigenvalue weighted by Gasteiger charge is 2.29. The first-order chi connectivity index (χ1) is 9.16. The lowest BCUT2D eigenvalue weighted by atomic mass is 9.89. The zero-order valence-electron chi connectivity index (χ0n) is 11.6. The Bertz CT molecular complexity index is 600. The predicted octanol–water partition coefficient (Wildman–Crippen LogP) is 4.07. The number of benzene rings is 2. The second-order valence-corrected chi connectivity index (χ2v) is 5.63. The maximum atomic E-state index is 10.7. The molecule has 0 saturated heterocycles. The number of aliphatic hydroxyl groups excluding tert-OH is 1. The van der Waals surface area contributed by atoms with Gasteiger partial charge in [-0.2, -0.15) is 0 Å². The smallest absolute Gasteiger partial charge is 0.0858 e. The van der Waals surface area contributed by atoms with Gasteiger partial charge in [0, 0.05) is 5.92 Å². The van der Waals surface area contributed by atoms with Crippen LogP contribution in [-0.2, 0) is 6.42 Å². The molecule has 1 N–H and O–H groups in total. The Morgan fingerprint density at radius 3 is 2.63 bits per heavy atom. The Hall–Kier alpha value is -1.60. The van der Waals surface area contributed by atoms with Gasteiger partial charge >= 0.3 is 0 Å². The highest BCUT2D eigenvalue weighted by Crippen LogP contribution is 2.41. The summed E-state index contributed by atoms with van der Waals surface area (Å²) in [5.41, 5.74) is 6.30. The van der Waals surface area contributed by atoms with Crippen LogP contribution in [0.25, 0.3) is 0 Å². The summed E-state index contributed by atoms with van der Waals surface area (Å²) < 4.78 is 0. The highest BCUT2D eigenvalue weighted by atomic mass is 16.3. The monoisotopic (exact) mass is 252 g/mol. The van der Waals surface area contributed by atoms with Crippen LogP contribution in [0.4, 0.5) is 0 Å². The van der Waals surface area contributed by atoms with E-state index < -0.39 is 0 Å². The van der Waals surface area contributed by atoms with Crippen LogP contribution in [-0.4, -0.2) is 5.11 Å². The molecule has 1 heteroatoms. The van der Waals surface area contributed by atoms with Crippen LogP contribution in [0.15, 0.2) is 42.5 Å². The lowest BCUT2D eigenvalue weighted by molar-refractivity contribution is 0.145. The molecule has 1 aliphatic carbocycles. The minimum absolute atomic E-state index is 0.248. The van der Waals surface area contributed by atoms with Crippen LogP contribution >= 0.6 is 0 Å². The van der Waals surface area contributed by atoms with Crippen molar-refractivity contribution in [1.82, 2.24) is 0 Å². The molecule has 1 nitrogen and oxygen atoms in total. The van der Waals surface area contributed by atoms with Gasteiger partial charge in [-0.25, -0.2) is 0 Å². The van der Waals surface area contributed by atoms with Crippen molar-refractivity contribution >= 4 is 0 Å². The van der Waals surface area contributed by atoms with Crippen molar-refractivity contribution in [1.29, 1.82) is 0 Å². The van der Waals surface area contributed by atoms with Gasteiger partial charge in [0.05, 0.1) is 6.10 Å². The maximum Gasteiger partial charge on any atom is 0.0858 e. The Labute approximate surface area is 114 Å². The third-order valence-corrected chi connectivity index (χ3v) is 4.43. The first-order valence-corrected chi connectivity index (χ1v) is 7.00. The van der Waals surface area contributed by atoms with Crippen molar-refractivity contribution in [3.05, 3.63) is 70.3 Å². The summed E-state index contributed by atoms with van der Waals surface area (Å²) in [6, 6.07) is 14.8. The fourth-order valence-electron chi connectivity index (χ4n) is 3.10. The molecule has 0 fully saturated rings. The Balaban J connectivity index is 1.93. The zero-order valence-corrected chi connectivity index (χ0v) is 11.6. The van der Waals surface area contributed by atoms with E-state index in [1.807, 2.05) is 0 Å². The van der Waals surface area contributed by atoms with Crippen molar-refractivity contribution in [2.24, 2.45) is 0 Å². The topological polar surface area (TPSA) is 20.2 Å². The number of aliphatic hydroxyl groups is 1. The highest BCUT2D eigenvalue weighted by molar-refractivity contribution is 5.39. The molecule has 0 saturated carbocycles. The van der Waals surface area contributed by atoms with E-state index in [-0.39, 0.29) is 12.0 Å². The third-order valence-electron chi connectivity index (χ3n) is 4.43. The van der Waals surface area contributed by atoms with Gasteiger partial charge < -0.3 is 5.11 Å². The molecule has 98 valence electrons. The van der Waals surface area contributed by atoms with Gasteiger partial charge in [0.2, 0.25) is 0 Å². The van der Waals surface area contributed by atoms with Crippen LogP contribution in [0.5, 0.6) is 0 Å². The van der Waals surface area contributed by atoms with Gasteiger partial charge in [-0.3, -0.25) is 0 Å². The second-order valence-electron chi connectivity index (χ2n) is 5.63. The van der Waals surface area contributed by atoms with Gasteiger partial charge in [-0.1, -0.05) is 42.5 Å². The normalized spacial score (nSPS) is 19.2. The van der Waals surface area contributed by atoms with Gasteiger partial charge in [-0.05, 0) is 54.5 Å². The van der Waals surface area contributed by atoms with Crippen molar-refractivity contribution in [2.75, 3.05) is 0 Å². The van der Waals surface area contributed by atoms with E-state index in [2.05, 4.69) is 56.3 Å². The van der Waals surface area contributed by atoms with E-state index in [1.54, 1.807) is 0 Å². The molecule has 2 atom stereocenters. The van der Waals surface area contributed by atoms with Gasteiger partial charge in [0.25, 0.3) is 0 Å². The number of fused-ring (bicyclic) bond motifs is 1. The van der Waals surface area contributed by atoms with Crippen LogP contribution in [0, 0.1) is 13.8 Å². The van der Waals surface area contributed by atoms with E-state index in [4.69, 9.17) is 0 Å². The van der Waals surface area contributed by atoms with Crippen LogP contribution in [0.1, 0.15) is 46.3 Å². The van der Waals surface area contributed by atoms with E-state index in [9.17, 15) is 5.11 Å². The molecule has 2 aromatic carbocycles. The average Bonchev–Trinajstić information content (AvgIpc) is 2.85. The molecule has 0 radical (unpaired) electrons. The summed E-state index contributed by atoms with van der Waals surface area (Å²) in [6.07, 6.45) is 1.75. The summed E-state index contributed by atoms with van der Waals surface area (Å²) in [5, 5.41) is 10.7. The van der Waals surface area contributed by atoms with Crippen LogP contribution in [0.2, 0.25) is 0 Å². The van der Waals surface area contributed by atoms with E-state index in [0.717, 1.165) is 18.4 Å². The molecule has 2 aromatic rings. The summed E-state index contributed by atoms with van der Waals surface area (Å²) >= 11 is 0. The second kappa shape index (κ2) is 4.82.